The van der Waals surface area contributed by atoms with Gasteiger partial charge in [0.2, 0.25) is 15.9 Å². The average Bonchev–Trinajstić information content (AvgIpc) is 2.54. The molecule has 1 aromatic carbocycles. The molecule has 0 saturated carbocycles. The van der Waals surface area contributed by atoms with E-state index >= 15 is 0 Å². The number of carbonyl (C=O) groups excluding carboxylic acids is 1. The zero-order valence-electron chi connectivity index (χ0n) is 13.9. The second kappa shape index (κ2) is 9.64. The smallest absolute Gasteiger partial charge is 0.243 e. The van der Waals surface area contributed by atoms with Gasteiger partial charge in [0.1, 0.15) is 0 Å². The molecule has 0 unspecified atom stereocenters. The molecule has 0 fully saturated rings. The van der Waals surface area contributed by atoms with Gasteiger partial charge in [0, 0.05) is 26.1 Å². The molecule has 0 aliphatic carbocycles. The van der Waals surface area contributed by atoms with Crippen LogP contribution < -0.4 is 11.1 Å². The molecule has 3 N–H and O–H groups in total. The maximum Gasteiger partial charge on any atom is 0.243 e. The van der Waals surface area contributed by atoms with Gasteiger partial charge in [-0.25, -0.2) is 8.42 Å². The summed E-state index contributed by atoms with van der Waals surface area (Å²) < 4.78 is 26.2. The van der Waals surface area contributed by atoms with Crippen LogP contribution in [0.25, 0.3) is 0 Å². The highest BCUT2D eigenvalue weighted by Crippen LogP contribution is 2.16. The molecule has 6 nitrogen and oxygen atoms in total. The Balaban J connectivity index is 2.62. The number of carbonyl (C=O) groups is 1. The van der Waals surface area contributed by atoms with Gasteiger partial charge in [-0.05, 0) is 37.1 Å². The van der Waals surface area contributed by atoms with E-state index in [0.29, 0.717) is 39.0 Å². The second-order valence-corrected chi connectivity index (χ2v) is 7.16. The quantitative estimate of drug-likeness (QED) is 0.624. The molecule has 0 aliphatic rings. The Labute approximate surface area is 139 Å². The maximum absolute atomic E-state index is 12.4. The molecule has 0 saturated heterocycles. The van der Waals surface area contributed by atoms with Gasteiger partial charge < -0.3 is 11.1 Å². The first kappa shape index (κ1) is 19.6. The molecule has 0 atom stereocenters. The minimum atomic E-state index is -3.42. The van der Waals surface area contributed by atoms with Crippen molar-refractivity contribution in [3.63, 3.8) is 0 Å². The van der Waals surface area contributed by atoms with Crippen LogP contribution in [-0.2, 0) is 21.2 Å². The van der Waals surface area contributed by atoms with E-state index in [9.17, 15) is 13.2 Å². The summed E-state index contributed by atoms with van der Waals surface area (Å²) in [6.45, 7) is 5.68. The largest absolute Gasteiger partial charge is 0.356 e. The molecule has 0 radical (unpaired) electrons. The first-order valence-corrected chi connectivity index (χ1v) is 9.45. The molecule has 0 heterocycles. The zero-order chi connectivity index (χ0) is 17.3. The van der Waals surface area contributed by atoms with Crippen molar-refractivity contribution >= 4 is 15.9 Å². The summed E-state index contributed by atoms with van der Waals surface area (Å²) in [6, 6.07) is 6.75. The number of hydrogen-bond donors (Lipinski definition) is 2. The maximum atomic E-state index is 12.4. The predicted octanol–water partition coefficient (Wildman–Crippen LogP) is 1.11. The third-order valence-corrected chi connectivity index (χ3v) is 5.67. The second-order valence-electron chi connectivity index (χ2n) is 5.23. The van der Waals surface area contributed by atoms with Crippen molar-refractivity contribution in [3.05, 3.63) is 29.8 Å². The highest BCUT2D eigenvalue weighted by Gasteiger charge is 2.21. The minimum Gasteiger partial charge on any atom is -0.356 e. The van der Waals surface area contributed by atoms with Crippen LogP contribution in [0.1, 0.15) is 32.3 Å². The summed E-state index contributed by atoms with van der Waals surface area (Å²) in [7, 11) is -3.42. The highest BCUT2D eigenvalue weighted by atomic mass is 32.2. The fraction of sp³-hybridized carbons (Fsp3) is 0.562. The minimum absolute atomic E-state index is 0.0155. The third kappa shape index (κ3) is 5.93. The van der Waals surface area contributed by atoms with Gasteiger partial charge in [0.25, 0.3) is 0 Å². The Morgan fingerprint density at radius 3 is 2.30 bits per heavy atom. The molecule has 0 spiro atoms. The molecule has 130 valence electrons. The van der Waals surface area contributed by atoms with Crippen molar-refractivity contribution in [2.45, 2.75) is 38.0 Å². The molecule has 1 rings (SSSR count). The monoisotopic (exact) mass is 341 g/mol. The number of nitrogens with one attached hydrogen (secondary N) is 1. The molecule has 1 amide bonds. The van der Waals surface area contributed by atoms with E-state index in [2.05, 4.69) is 5.32 Å². The van der Waals surface area contributed by atoms with Crippen LogP contribution in [0.2, 0.25) is 0 Å². The van der Waals surface area contributed by atoms with E-state index in [1.54, 1.807) is 24.3 Å². The van der Waals surface area contributed by atoms with Crippen molar-refractivity contribution in [2.24, 2.45) is 5.73 Å². The predicted molar refractivity (Wildman–Crippen MR) is 91.6 cm³/mol. The van der Waals surface area contributed by atoms with E-state index in [-0.39, 0.29) is 10.8 Å². The van der Waals surface area contributed by atoms with Crippen LogP contribution in [0.5, 0.6) is 0 Å². The summed E-state index contributed by atoms with van der Waals surface area (Å²) in [5.41, 5.74) is 6.31. The van der Waals surface area contributed by atoms with E-state index in [1.165, 1.54) is 4.31 Å². The number of nitrogens with zero attached hydrogens (tertiary/aromatic N) is 1. The first-order chi connectivity index (χ1) is 11.0. The molecule has 23 heavy (non-hydrogen) atoms. The zero-order valence-corrected chi connectivity index (χ0v) is 14.7. The summed E-state index contributed by atoms with van der Waals surface area (Å²) in [5.74, 6) is -0.0155. The van der Waals surface area contributed by atoms with Crippen LogP contribution in [0, 0.1) is 0 Å². The van der Waals surface area contributed by atoms with Gasteiger partial charge in [0.15, 0.2) is 0 Å². The number of benzene rings is 1. The fourth-order valence-corrected chi connectivity index (χ4v) is 3.67. The van der Waals surface area contributed by atoms with Crippen molar-refractivity contribution in [1.82, 2.24) is 9.62 Å². The number of amides is 1. The molecule has 7 heteroatoms. The normalized spacial score (nSPS) is 11.7. The fourth-order valence-electron chi connectivity index (χ4n) is 2.22. The lowest BCUT2D eigenvalue weighted by molar-refractivity contribution is -0.121. The Morgan fingerprint density at radius 1 is 1.17 bits per heavy atom. The molecular formula is C16H27N3O3S. The molecule has 0 bridgehead atoms. The summed E-state index contributed by atoms with van der Waals surface area (Å²) >= 11 is 0. The average molecular weight is 341 g/mol. The summed E-state index contributed by atoms with van der Waals surface area (Å²) in [5, 5.41) is 2.80. The summed E-state index contributed by atoms with van der Waals surface area (Å²) in [6.07, 6.45) is 1.73. The lowest BCUT2D eigenvalue weighted by Gasteiger charge is -2.18. The van der Waals surface area contributed by atoms with Crippen molar-refractivity contribution in [3.8, 4) is 0 Å². The SMILES string of the molecule is CCN(CC)S(=O)(=O)c1ccc(CCC(=O)NCCCN)cc1. The molecular weight excluding hydrogens is 314 g/mol. The Hall–Kier alpha value is -1.44. The lowest BCUT2D eigenvalue weighted by Crippen LogP contribution is -2.30. The number of nitrogens with two attached hydrogens (primary N) is 1. The van der Waals surface area contributed by atoms with Gasteiger partial charge >= 0.3 is 0 Å². The van der Waals surface area contributed by atoms with Crippen molar-refractivity contribution in [2.75, 3.05) is 26.2 Å². The molecule has 1 aromatic rings. The third-order valence-electron chi connectivity index (χ3n) is 3.61. The number of sulfonamides is 1. The van der Waals surface area contributed by atoms with E-state index in [4.69, 9.17) is 5.73 Å². The Kier molecular flexibility index (Phi) is 8.22. The van der Waals surface area contributed by atoms with E-state index in [1.807, 2.05) is 13.8 Å². The van der Waals surface area contributed by atoms with Crippen molar-refractivity contribution < 1.29 is 13.2 Å². The summed E-state index contributed by atoms with van der Waals surface area (Å²) in [4.78, 5) is 11.9. The van der Waals surface area contributed by atoms with Gasteiger partial charge in [-0.2, -0.15) is 4.31 Å². The first-order valence-electron chi connectivity index (χ1n) is 8.01. The standard InChI is InChI=1S/C16H27N3O3S/c1-3-19(4-2)23(21,22)15-9-6-14(7-10-15)8-11-16(20)18-13-5-12-17/h6-7,9-10H,3-5,8,11-13,17H2,1-2H3,(H,18,20). The highest BCUT2D eigenvalue weighted by molar-refractivity contribution is 7.89. The van der Waals surface area contributed by atoms with Crippen LogP contribution >= 0.6 is 0 Å². The number of hydrogen-bond acceptors (Lipinski definition) is 4. The number of aryl methyl sites for hydroxylation is 1. The van der Waals surface area contributed by atoms with E-state index in [0.717, 1.165) is 12.0 Å². The van der Waals surface area contributed by atoms with Gasteiger partial charge in [-0.3, -0.25) is 4.79 Å². The van der Waals surface area contributed by atoms with Crippen LogP contribution in [0.4, 0.5) is 0 Å². The van der Waals surface area contributed by atoms with E-state index < -0.39 is 10.0 Å². The van der Waals surface area contributed by atoms with Crippen LogP contribution in [0.15, 0.2) is 29.2 Å². The number of rotatable bonds is 10. The topological polar surface area (TPSA) is 92.5 Å². The van der Waals surface area contributed by atoms with Crippen LogP contribution in [0.3, 0.4) is 0 Å². The Morgan fingerprint density at radius 2 is 1.78 bits per heavy atom. The van der Waals surface area contributed by atoms with Crippen LogP contribution in [-0.4, -0.2) is 44.8 Å². The molecule has 0 aliphatic heterocycles. The van der Waals surface area contributed by atoms with Gasteiger partial charge in [-0.15, -0.1) is 0 Å². The Bertz CT molecular complexity index is 581. The van der Waals surface area contributed by atoms with Gasteiger partial charge in [-0.1, -0.05) is 26.0 Å². The van der Waals surface area contributed by atoms with Gasteiger partial charge in [0.05, 0.1) is 4.90 Å². The lowest BCUT2D eigenvalue weighted by atomic mass is 10.1. The molecule has 0 aromatic heterocycles. The van der Waals surface area contributed by atoms with Crippen molar-refractivity contribution in [1.29, 1.82) is 0 Å².